The van der Waals surface area contributed by atoms with E-state index in [1.165, 1.54) is 0 Å². The van der Waals surface area contributed by atoms with Crippen molar-refractivity contribution in [3.05, 3.63) is 60.2 Å². The molecular weight excluding hydrogens is 302 g/mol. The number of aromatic hydroxyl groups is 1. The molecule has 0 aliphatic heterocycles. The van der Waals surface area contributed by atoms with Crippen LogP contribution in [0.2, 0.25) is 0 Å². The minimum absolute atomic E-state index is 0.134. The van der Waals surface area contributed by atoms with E-state index in [-0.39, 0.29) is 11.5 Å². The van der Waals surface area contributed by atoms with E-state index in [4.69, 9.17) is 4.42 Å². The summed E-state index contributed by atoms with van der Waals surface area (Å²) in [4.78, 5) is 15.7. The molecule has 1 heterocycles. The smallest absolute Gasteiger partial charge is 0.191 e. The number of aryl methyl sites for hydroxylation is 2. The Labute approximate surface area is 140 Å². The number of hydrogen-bond donors (Lipinski definition) is 1. The standard InChI is InChI=1S/C20H19NO3/c1-13(22)6-11-19-20(21-14(2)24-19)16-9-7-15(8-10-16)17-4-3-5-18(23)12-17/h3-5,7-10,12,23H,6,11H2,1-2H3. The second-order valence-electron chi connectivity index (χ2n) is 5.83. The van der Waals surface area contributed by atoms with Gasteiger partial charge in [0.1, 0.15) is 23.0 Å². The molecule has 0 radical (unpaired) electrons. The van der Waals surface area contributed by atoms with Crippen molar-refractivity contribution in [2.45, 2.75) is 26.7 Å². The van der Waals surface area contributed by atoms with Gasteiger partial charge in [-0.05, 0) is 30.2 Å². The quantitative estimate of drug-likeness (QED) is 0.749. The Kier molecular flexibility index (Phi) is 4.47. The van der Waals surface area contributed by atoms with E-state index in [0.29, 0.717) is 18.7 Å². The maximum atomic E-state index is 11.2. The zero-order chi connectivity index (χ0) is 17.1. The number of aromatic nitrogens is 1. The van der Waals surface area contributed by atoms with E-state index >= 15 is 0 Å². The van der Waals surface area contributed by atoms with E-state index in [9.17, 15) is 9.90 Å². The molecule has 0 amide bonds. The van der Waals surface area contributed by atoms with Crippen molar-refractivity contribution in [1.29, 1.82) is 0 Å². The van der Waals surface area contributed by atoms with Gasteiger partial charge >= 0.3 is 0 Å². The van der Waals surface area contributed by atoms with E-state index in [1.807, 2.05) is 43.3 Å². The van der Waals surface area contributed by atoms with Crippen molar-refractivity contribution in [1.82, 2.24) is 4.98 Å². The summed E-state index contributed by atoms with van der Waals surface area (Å²) in [6.45, 7) is 3.38. The second kappa shape index (κ2) is 6.71. The third-order valence-corrected chi connectivity index (χ3v) is 3.85. The van der Waals surface area contributed by atoms with E-state index in [1.54, 1.807) is 19.1 Å². The molecule has 2 aromatic carbocycles. The van der Waals surface area contributed by atoms with Crippen LogP contribution in [0.4, 0.5) is 0 Å². The van der Waals surface area contributed by atoms with Gasteiger partial charge in [0.2, 0.25) is 0 Å². The predicted molar refractivity (Wildman–Crippen MR) is 92.8 cm³/mol. The lowest BCUT2D eigenvalue weighted by atomic mass is 10.0. The second-order valence-corrected chi connectivity index (χ2v) is 5.83. The van der Waals surface area contributed by atoms with Crippen LogP contribution in [0.15, 0.2) is 52.9 Å². The summed E-state index contributed by atoms with van der Waals surface area (Å²) in [7, 11) is 0. The molecule has 0 aliphatic carbocycles. The monoisotopic (exact) mass is 321 g/mol. The molecule has 122 valence electrons. The lowest BCUT2D eigenvalue weighted by Crippen LogP contribution is -1.94. The molecule has 0 saturated heterocycles. The van der Waals surface area contributed by atoms with Gasteiger partial charge in [0.25, 0.3) is 0 Å². The maximum absolute atomic E-state index is 11.2. The first-order chi connectivity index (χ1) is 11.5. The summed E-state index contributed by atoms with van der Waals surface area (Å²) in [5.41, 5.74) is 3.71. The Hall–Kier alpha value is -2.88. The molecule has 0 atom stereocenters. The number of hydrogen-bond acceptors (Lipinski definition) is 4. The third kappa shape index (κ3) is 3.54. The Balaban J connectivity index is 1.90. The molecule has 1 aromatic heterocycles. The Bertz CT molecular complexity index is 863. The van der Waals surface area contributed by atoms with Gasteiger partial charge in [-0.1, -0.05) is 36.4 Å². The molecule has 1 N–H and O–H groups in total. The van der Waals surface area contributed by atoms with Crippen molar-refractivity contribution >= 4 is 5.78 Å². The van der Waals surface area contributed by atoms with Crippen LogP contribution in [0.5, 0.6) is 5.75 Å². The number of Topliss-reactive ketones (excluding diaryl/α,β-unsaturated/α-hetero) is 1. The van der Waals surface area contributed by atoms with Crippen LogP contribution in [-0.2, 0) is 11.2 Å². The molecule has 4 nitrogen and oxygen atoms in total. The van der Waals surface area contributed by atoms with Gasteiger partial charge < -0.3 is 14.3 Å². The number of carbonyl (C=O) groups excluding carboxylic acids is 1. The highest BCUT2D eigenvalue weighted by Crippen LogP contribution is 2.29. The highest BCUT2D eigenvalue weighted by atomic mass is 16.4. The number of carbonyl (C=O) groups is 1. The molecule has 3 aromatic rings. The van der Waals surface area contributed by atoms with Crippen LogP contribution in [-0.4, -0.2) is 15.9 Å². The van der Waals surface area contributed by atoms with Crippen LogP contribution < -0.4 is 0 Å². The summed E-state index contributed by atoms with van der Waals surface area (Å²) >= 11 is 0. The topological polar surface area (TPSA) is 63.3 Å². The van der Waals surface area contributed by atoms with Gasteiger partial charge in [-0.2, -0.15) is 0 Å². The molecule has 0 aliphatic rings. The molecule has 4 heteroatoms. The molecule has 0 spiro atoms. The number of benzene rings is 2. The normalized spacial score (nSPS) is 10.8. The van der Waals surface area contributed by atoms with Crippen LogP contribution in [0.25, 0.3) is 22.4 Å². The van der Waals surface area contributed by atoms with Crippen molar-refractivity contribution in [3.63, 3.8) is 0 Å². The zero-order valence-electron chi connectivity index (χ0n) is 13.7. The summed E-state index contributed by atoms with van der Waals surface area (Å²) in [5, 5.41) is 9.60. The van der Waals surface area contributed by atoms with Gasteiger partial charge in [-0.3, -0.25) is 0 Å². The van der Waals surface area contributed by atoms with Gasteiger partial charge in [0, 0.05) is 25.3 Å². The molecule has 0 saturated carbocycles. The first-order valence-corrected chi connectivity index (χ1v) is 7.88. The van der Waals surface area contributed by atoms with Crippen molar-refractivity contribution in [3.8, 4) is 28.1 Å². The van der Waals surface area contributed by atoms with Crippen LogP contribution in [0, 0.1) is 6.92 Å². The molecule has 0 bridgehead atoms. The minimum atomic E-state index is 0.134. The number of phenolic OH excluding ortho intramolecular Hbond substituents is 1. The summed E-state index contributed by atoms with van der Waals surface area (Å²) in [5.74, 6) is 1.72. The van der Waals surface area contributed by atoms with Gasteiger partial charge in [0.05, 0.1) is 0 Å². The Morgan fingerprint density at radius 2 is 1.79 bits per heavy atom. The number of phenols is 1. The van der Waals surface area contributed by atoms with E-state index in [0.717, 1.165) is 28.1 Å². The first kappa shape index (κ1) is 16.0. The number of nitrogens with zero attached hydrogens (tertiary/aromatic N) is 1. The lowest BCUT2D eigenvalue weighted by Gasteiger charge is -2.05. The molecule has 24 heavy (non-hydrogen) atoms. The van der Waals surface area contributed by atoms with Crippen LogP contribution in [0.1, 0.15) is 25.0 Å². The fourth-order valence-corrected chi connectivity index (χ4v) is 2.66. The fourth-order valence-electron chi connectivity index (χ4n) is 2.66. The largest absolute Gasteiger partial charge is 0.508 e. The summed E-state index contributed by atoms with van der Waals surface area (Å²) in [6.07, 6.45) is 1.00. The van der Waals surface area contributed by atoms with Crippen molar-refractivity contribution < 1.29 is 14.3 Å². The highest BCUT2D eigenvalue weighted by Gasteiger charge is 2.14. The third-order valence-electron chi connectivity index (χ3n) is 3.85. The lowest BCUT2D eigenvalue weighted by molar-refractivity contribution is -0.117. The van der Waals surface area contributed by atoms with Gasteiger partial charge in [-0.15, -0.1) is 0 Å². The van der Waals surface area contributed by atoms with Crippen LogP contribution in [0.3, 0.4) is 0 Å². The predicted octanol–water partition coefficient (Wildman–Crippen LogP) is 4.54. The molecule has 0 unspecified atom stereocenters. The first-order valence-electron chi connectivity index (χ1n) is 7.88. The van der Waals surface area contributed by atoms with E-state index in [2.05, 4.69) is 4.98 Å². The number of ketones is 1. The average Bonchev–Trinajstić information content (AvgIpc) is 2.94. The van der Waals surface area contributed by atoms with E-state index < -0.39 is 0 Å². The number of oxazole rings is 1. The fraction of sp³-hybridized carbons (Fsp3) is 0.200. The van der Waals surface area contributed by atoms with Crippen LogP contribution >= 0.6 is 0 Å². The summed E-state index contributed by atoms with van der Waals surface area (Å²) in [6, 6.07) is 15.1. The minimum Gasteiger partial charge on any atom is -0.508 e. The maximum Gasteiger partial charge on any atom is 0.191 e. The Morgan fingerprint density at radius 1 is 1.08 bits per heavy atom. The SMILES string of the molecule is CC(=O)CCc1oc(C)nc1-c1ccc(-c2cccc(O)c2)cc1. The van der Waals surface area contributed by atoms with Crippen molar-refractivity contribution in [2.24, 2.45) is 0 Å². The zero-order valence-corrected chi connectivity index (χ0v) is 13.7. The average molecular weight is 321 g/mol. The van der Waals surface area contributed by atoms with Crippen molar-refractivity contribution in [2.75, 3.05) is 0 Å². The van der Waals surface area contributed by atoms with Gasteiger partial charge in [-0.25, -0.2) is 4.98 Å². The molecule has 3 rings (SSSR count). The Morgan fingerprint density at radius 3 is 2.46 bits per heavy atom. The number of rotatable bonds is 5. The molecule has 0 fully saturated rings. The highest BCUT2D eigenvalue weighted by molar-refractivity contribution is 5.76. The van der Waals surface area contributed by atoms with Gasteiger partial charge in [0.15, 0.2) is 5.89 Å². The summed E-state index contributed by atoms with van der Waals surface area (Å²) < 4.78 is 5.65. The molecular formula is C20H19NO3.